The minimum atomic E-state index is -1.59. The summed E-state index contributed by atoms with van der Waals surface area (Å²) in [6, 6.07) is 1.61. The summed E-state index contributed by atoms with van der Waals surface area (Å²) >= 11 is 0. The maximum absolute atomic E-state index is 13.3. The minimum absolute atomic E-state index is 0.206. The lowest BCUT2D eigenvalue weighted by Crippen LogP contribution is -2.21. The van der Waals surface area contributed by atoms with Crippen molar-refractivity contribution in [1.82, 2.24) is 0 Å². The zero-order chi connectivity index (χ0) is 13.7. The van der Waals surface area contributed by atoms with E-state index in [0.717, 1.165) is 12.1 Å². The number of aliphatic hydroxyl groups excluding tert-OH is 3. The number of hydrogen-bond donors (Lipinski definition) is 3. The van der Waals surface area contributed by atoms with Crippen LogP contribution in [-0.2, 0) is 6.61 Å². The van der Waals surface area contributed by atoms with Crippen LogP contribution in [0.3, 0.4) is 0 Å². The molecule has 0 heterocycles. The molecule has 1 aromatic rings. The van der Waals surface area contributed by atoms with Crippen molar-refractivity contribution in [1.29, 1.82) is 0 Å². The van der Waals surface area contributed by atoms with Gasteiger partial charge in [0, 0.05) is 10.5 Å². The highest BCUT2D eigenvalue weighted by Crippen LogP contribution is 2.22. The van der Waals surface area contributed by atoms with E-state index in [1.54, 1.807) is 0 Å². The Bertz CT molecular complexity index is 454. The molecule has 0 aromatic heterocycles. The maximum atomic E-state index is 13.3. The SMILES string of the molecule is [N-]=[N+]=NCC(O)C(O)c1cc(F)c(CO)c(F)c1. The Balaban J connectivity index is 2.99. The first kappa shape index (κ1) is 14.3. The normalized spacial score (nSPS) is 13.8. The standard InChI is InChI=1S/C10H11F2N3O3/c11-7-1-5(2-8(12)6(7)4-16)10(18)9(17)3-14-15-13/h1-2,9-10,16-18H,3-4H2. The van der Waals surface area contributed by atoms with Crippen LogP contribution in [0.15, 0.2) is 17.2 Å². The molecule has 0 aliphatic heterocycles. The molecule has 0 saturated heterocycles. The summed E-state index contributed by atoms with van der Waals surface area (Å²) in [7, 11) is 0. The Kier molecular flexibility index (Phi) is 4.99. The van der Waals surface area contributed by atoms with Crippen molar-refractivity contribution in [2.24, 2.45) is 5.11 Å². The average Bonchev–Trinajstić information content (AvgIpc) is 2.34. The molecule has 0 saturated carbocycles. The van der Waals surface area contributed by atoms with Gasteiger partial charge in [0.25, 0.3) is 0 Å². The van der Waals surface area contributed by atoms with Gasteiger partial charge in [-0.1, -0.05) is 5.11 Å². The fourth-order valence-electron chi connectivity index (χ4n) is 1.39. The molecule has 6 nitrogen and oxygen atoms in total. The largest absolute Gasteiger partial charge is 0.391 e. The molecule has 0 aliphatic carbocycles. The number of benzene rings is 1. The number of nitrogens with zero attached hydrogens (tertiary/aromatic N) is 3. The lowest BCUT2D eigenvalue weighted by molar-refractivity contribution is 0.0240. The van der Waals surface area contributed by atoms with Crippen molar-refractivity contribution < 1.29 is 24.1 Å². The first-order chi connectivity index (χ1) is 8.51. The Morgan fingerprint density at radius 1 is 1.28 bits per heavy atom. The van der Waals surface area contributed by atoms with Crippen molar-refractivity contribution in [2.75, 3.05) is 6.54 Å². The van der Waals surface area contributed by atoms with Gasteiger partial charge in [-0.2, -0.15) is 0 Å². The summed E-state index contributed by atoms with van der Waals surface area (Å²) in [6.45, 7) is -1.24. The second-order valence-electron chi connectivity index (χ2n) is 3.55. The number of hydrogen-bond acceptors (Lipinski definition) is 4. The summed E-state index contributed by atoms with van der Waals surface area (Å²) in [5, 5.41) is 30.7. The summed E-state index contributed by atoms with van der Waals surface area (Å²) in [5.41, 5.74) is 7.32. The molecule has 0 fully saturated rings. The van der Waals surface area contributed by atoms with E-state index in [1.807, 2.05) is 0 Å². The fourth-order valence-corrected chi connectivity index (χ4v) is 1.39. The van der Waals surface area contributed by atoms with E-state index in [-0.39, 0.29) is 5.56 Å². The van der Waals surface area contributed by atoms with Crippen LogP contribution < -0.4 is 0 Å². The third kappa shape index (κ3) is 3.14. The number of rotatable bonds is 5. The lowest BCUT2D eigenvalue weighted by Gasteiger charge is -2.17. The average molecular weight is 259 g/mol. The highest BCUT2D eigenvalue weighted by Gasteiger charge is 2.21. The predicted molar refractivity (Wildman–Crippen MR) is 57.3 cm³/mol. The van der Waals surface area contributed by atoms with Crippen LogP contribution in [0.2, 0.25) is 0 Å². The summed E-state index contributed by atoms with van der Waals surface area (Å²) in [5.74, 6) is -2.05. The molecular formula is C10H11F2N3O3. The first-order valence-electron chi connectivity index (χ1n) is 4.97. The van der Waals surface area contributed by atoms with Gasteiger partial charge in [0.2, 0.25) is 0 Å². The second kappa shape index (κ2) is 6.27. The third-order valence-corrected chi connectivity index (χ3v) is 2.36. The molecule has 8 heteroatoms. The molecule has 0 bridgehead atoms. The Labute approximate surface area is 101 Å². The third-order valence-electron chi connectivity index (χ3n) is 2.36. The Hall–Kier alpha value is -1.73. The second-order valence-corrected chi connectivity index (χ2v) is 3.55. The van der Waals surface area contributed by atoms with Gasteiger partial charge < -0.3 is 15.3 Å². The van der Waals surface area contributed by atoms with Gasteiger partial charge in [0.15, 0.2) is 0 Å². The molecule has 98 valence electrons. The molecule has 3 N–H and O–H groups in total. The molecular weight excluding hydrogens is 248 g/mol. The molecule has 1 aromatic carbocycles. The molecule has 0 radical (unpaired) electrons. The van der Waals surface area contributed by atoms with Crippen LogP contribution in [0, 0.1) is 11.6 Å². The molecule has 0 spiro atoms. The Morgan fingerprint density at radius 2 is 1.83 bits per heavy atom. The van der Waals surface area contributed by atoms with Gasteiger partial charge in [-0.25, -0.2) is 8.78 Å². The van der Waals surface area contributed by atoms with E-state index >= 15 is 0 Å². The van der Waals surface area contributed by atoms with Crippen LogP contribution in [0.5, 0.6) is 0 Å². The highest BCUT2D eigenvalue weighted by molar-refractivity contribution is 5.27. The molecule has 2 unspecified atom stereocenters. The molecule has 18 heavy (non-hydrogen) atoms. The number of azide groups is 1. The van der Waals surface area contributed by atoms with Crippen LogP contribution in [0.1, 0.15) is 17.2 Å². The zero-order valence-electron chi connectivity index (χ0n) is 9.16. The summed E-state index contributed by atoms with van der Waals surface area (Å²) < 4.78 is 26.6. The van der Waals surface area contributed by atoms with Crippen LogP contribution in [0.4, 0.5) is 8.78 Å². The van der Waals surface area contributed by atoms with Gasteiger partial charge in [0.1, 0.15) is 17.7 Å². The van der Waals surface area contributed by atoms with Crippen molar-refractivity contribution in [3.8, 4) is 0 Å². The monoisotopic (exact) mass is 259 g/mol. The van der Waals surface area contributed by atoms with E-state index in [0.29, 0.717) is 0 Å². The molecule has 1 rings (SSSR count). The topological polar surface area (TPSA) is 109 Å². The van der Waals surface area contributed by atoms with E-state index in [4.69, 9.17) is 10.6 Å². The number of halogens is 2. The van der Waals surface area contributed by atoms with Crippen LogP contribution >= 0.6 is 0 Å². The Morgan fingerprint density at radius 3 is 2.28 bits per heavy atom. The quantitative estimate of drug-likeness (QED) is 0.419. The fraction of sp³-hybridized carbons (Fsp3) is 0.400. The van der Waals surface area contributed by atoms with Crippen LogP contribution in [-0.4, -0.2) is 28.0 Å². The first-order valence-corrected chi connectivity index (χ1v) is 4.97. The van der Waals surface area contributed by atoms with E-state index in [1.165, 1.54) is 0 Å². The summed E-state index contributed by atoms with van der Waals surface area (Å²) in [6.07, 6.45) is -3.06. The maximum Gasteiger partial charge on any atom is 0.132 e. The van der Waals surface area contributed by atoms with Gasteiger partial charge in [-0.3, -0.25) is 0 Å². The smallest absolute Gasteiger partial charge is 0.132 e. The van der Waals surface area contributed by atoms with E-state index < -0.39 is 42.6 Å². The molecule has 0 amide bonds. The highest BCUT2D eigenvalue weighted by atomic mass is 19.1. The zero-order valence-corrected chi connectivity index (χ0v) is 9.16. The lowest BCUT2D eigenvalue weighted by atomic mass is 10.0. The van der Waals surface area contributed by atoms with Gasteiger partial charge in [-0.05, 0) is 23.2 Å². The summed E-state index contributed by atoms with van der Waals surface area (Å²) in [4.78, 5) is 2.39. The van der Waals surface area contributed by atoms with Crippen molar-refractivity contribution in [3.63, 3.8) is 0 Å². The van der Waals surface area contributed by atoms with Gasteiger partial charge >= 0.3 is 0 Å². The van der Waals surface area contributed by atoms with Gasteiger partial charge in [-0.15, -0.1) is 0 Å². The van der Waals surface area contributed by atoms with Gasteiger partial charge in [0.05, 0.1) is 19.3 Å². The van der Waals surface area contributed by atoms with Crippen molar-refractivity contribution >= 4 is 0 Å². The van der Waals surface area contributed by atoms with Crippen molar-refractivity contribution in [2.45, 2.75) is 18.8 Å². The molecule has 2 atom stereocenters. The van der Waals surface area contributed by atoms with Crippen LogP contribution in [0.25, 0.3) is 10.4 Å². The van der Waals surface area contributed by atoms with E-state index in [9.17, 15) is 19.0 Å². The minimum Gasteiger partial charge on any atom is -0.391 e. The number of aliphatic hydroxyl groups is 3. The molecule has 0 aliphatic rings. The van der Waals surface area contributed by atoms with E-state index in [2.05, 4.69) is 10.0 Å². The van der Waals surface area contributed by atoms with Crippen molar-refractivity contribution in [3.05, 3.63) is 45.3 Å². The predicted octanol–water partition coefficient (Wildman–Crippen LogP) is 1.16.